The summed E-state index contributed by atoms with van der Waals surface area (Å²) in [5.41, 5.74) is 5.92. The molecule has 0 radical (unpaired) electrons. The summed E-state index contributed by atoms with van der Waals surface area (Å²) in [6.45, 7) is 4.50. The fourth-order valence-corrected chi connectivity index (χ4v) is 3.38. The first-order valence-corrected chi connectivity index (χ1v) is 8.24. The van der Waals surface area contributed by atoms with Crippen LogP contribution in [-0.4, -0.2) is 9.55 Å². The highest BCUT2D eigenvalue weighted by Gasteiger charge is 2.33. The minimum atomic E-state index is -0.00666. The lowest BCUT2D eigenvalue weighted by Gasteiger charge is -2.19. The number of nitrogens with zero attached hydrogens (tertiary/aromatic N) is 2. The molecule has 1 N–H and O–H groups in total. The molecule has 3 aromatic rings. The van der Waals surface area contributed by atoms with Gasteiger partial charge < -0.3 is 9.88 Å². The van der Waals surface area contributed by atoms with E-state index in [1.165, 1.54) is 16.9 Å². The molecule has 0 saturated carbocycles. The molecule has 4 rings (SSSR count). The molecule has 0 atom stereocenters. The van der Waals surface area contributed by atoms with E-state index in [-0.39, 0.29) is 5.41 Å². The molecule has 120 valence electrons. The second-order valence-corrected chi connectivity index (χ2v) is 6.75. The van der Waals surface area contributed by atoms with E-state index in [2.05, 4.69) is 84.3 Å². The third-order valence-electron chi connectivity index (χ3n) is 4.87. The van der Waals surface area contributed by atoms with Crippen molar-refractivity contribution in [3.63, 3.8) is 0 Å². The highest BCUT2D eigenvalue weighted by atomic mass is 15.1. The van der Waals surface area contributed by atoms with Crippen molar-refractivity contribution in [2.24, 2.45) is 7.05 Å². The maximum Gasteiger partial charge on any atom is 0.133 e. The molecule has 0 bridgehead atoms. The summed E-state index contributed by atoms with van der Waals surface area (Å²) < 4.78 is 2.12. The smallest absolute Gasteiger partial charge is 0.133 e. The molecule has 1 aliphatic rings. The van der Waals surface area contributed by atoms with Crippen LogP contribution in [0.25, 0.3) is 17.1 Å². The fourth-order valence-electron chi connectivity index (χ4n) is 3.38. The topological polar surface area (TPSA) is 29.9 Å². The summed E-state index contributed by atoms with van der Waals surface area (Å²) in [7, 11) is 2.05. The minimum Gasteiger partial charge on any atom is -0.358 e. The van der Waals surface area contributed by atoms with Gasteiger partial charge in [-0.25, -0.2) is 4.98 Å². The number of aromatic nitrogens is 2. The SMILES string of the molecule is Cn1c(/C=C/C=C2/Nc3ccccc3C2(C)C)nc2ccccc21. The van der Waals surface area contributed by atoms with E-state index in [0.29, 0.717) is 0 Å². The summed E-state index contributed by atoms with van der Waals surface area (Å²) in [5, 5.41) is 3.53. The lowest BCUT2D eigenvalue weighted by Crippen LogP contribution is -2.16. The van der Waals surface area contributed by atoms with Gasteiger partial charge in [0.25, 0.3) is 0 Å². The van der Waals surface area contributed by atoms with E-state index in [4.69, 9.17) is 0 Å². The van der Waals surface area contributed by atoms with Gasteiger partial charge in [0.1, 0.15) is 5.82 Å². The second-order valence-electron chi connectivity index (χ2n) is 6.75. The first-order chi connectivity index (χ1) is 11.6. The van der Waals surface area contributed by atoms with Gasteiger partial charge in [0.15, 0.2) is 0 Å². The second kappa shape index (κ2) is 5.38. The first kappa shape index (κ1) is 14.8. The zero-order valence-corrected chi connectivity index (χ0v) is 14.2. The lowest BCUT2D eigenvalue weighted by atomic mass is 9.84. The van der Waals surface area contributed by atoms with Gasteiger partial charge in [-0.15, -0.1) is 0 Å². The van der Waals surface area contributed by atoms with E-state index in [1.807, 2.05) is 18.2 Å². The van der Waals surface area contributed by atoms with E-state index in [9.17, 15) is 0 Å². The zero-order chi connectivity index (χ0) is 16.7. The number of nitrogens with one attached hydrogen (secondary N) is 1. The van der Waals surface area contributed by atoms with Crippen molar-refractivity contribution in [2.45, 2.75) is 19.3 Å². The average molecular weight is 315 g/mol. The van der Waals surface area contributed by atoms with Crippen molar-refractivity contribution in [2.75, 3.05) is 5.32 Å². The number of benzene rings is 2. The number of allylic oxidation sites excluding steroid dienone is 3. The molecule has 0 aliphatic carbocycles. The number of aryl methyl sites for hydroxylation is 1. The van der Waals surface area contributed by atoms with E-state index < -0.39 is 0 Å². The summed E-state index contributed by atoms with van der Waals surface area (Å²) >= 11 is 0. The van der Waals surface area contributed by atoms with Crippen LogP contribution in [0.1, 0.15) is 25.2 Å². The molecule has 0 amide bonds. The fraction of sp³-hybridized carbons (Fsp3) is 0.190. The molecule has 0 unspecified atom stereocenters. The Bertz CT molecular complexity index is 974. The van der Waals surface area contributed by atoms with Gasteiger partial charge in [-0.2, -0.15) is 0 Å². The lowest BCUT2D eigenvalue weighted by molar-refractivity contribution is 0.654. The third-order valence-corrected chi connectivity index (χ3v) is 4.87. The number of hydrogen-bond acceptors (Lipinski definition) is 2. The van der Waals surface area contributed by atoms with Crippen LogP contribution in [0.4, 0.5) is 5.69 Å². The summed E-state index contributed by atoms with van der Waals surface area (Å²) in [6, 6.07) is 16.7. The Morgan fingerprint density at radius 3 is 2.58 bits per heavy atom. The van der Waals surface area contributed by atoms with Crippen molar-refractivity contribution in [1.82, 2.24) is 9.55 Å². The normalized spacial score (nSPS) is 17.5. The standard InChI is InChI=1S/C21H21N3/c1-21(2)15-9-4-5-10-16(15)22-19(21)13-8-14-20-23-17-11-6-7-12-18(17)24(20)3/h4-14,22H,1-3H3/b14-8+,19-13+. The Labute approximate surface area is 142 Å². The quantitative estimate of drug-likeness (QED) is 0.731. The van der Waals surface area contributed by atoms with Gasteiger partial charge in [0.2, 0.25) is 0 Å². The average Bonchev–Trinajstić information content (AvgIpc) is 3.03. The minimum absolute atomic E-state index is 0.00666. The van der Waals surface area contributed by atoms with Crippen LogP contribution < -0.4 is 5.32 Å². The van der Waals surface area contributed by atoms with Crippen LogP contribution in [0.15, 0.2) is 66.4 Å². The third kappa shape index (κ3) is 2.24. The number of imidazole rings is 1. The summed E-state index contributed by atoms with van der Waals surface area (Å²) in [4.78, 5) is 4.68. The number of anilines is 1. The molecule has 0 fully saturated rings. The largest absolute Gasteiger partial charge is 0.358 e. The Morgan fingerprint density at radius 1 is 1.04 bits per heavy atom. The number of rotatable bonds is 2. The molecule has 24 heavy (non-hydrogen) atoms. The molecular formula is C21H21N3. The van der Waals surface area contributed by atoms with Gasteiger partial charge >= 0.3 is 0 Å². The summed E-state index contributed by atoms with van der Waals surface area (Å²) in [5.74, 6) is 0.960. The van der Waals surface area contributed by atoms with Gasteiger partial charge in [0, 0.05) is 23.8 Å². The molecule has 3 nitrogen and oxygen atoms in total. The van der Waals surface area contributed by atoms with E-state index >= 15 is 0 Å². The predicted octanol–water partition coefficient (Wildman–Crippen LogP) is 4.87. The van der Waals surface area contributed by atoms with Gasteiger partial charge in [-0.3, -0.25) is 0 Å². The Kier molecular flexibility index (Phi) is 3.31. The van der Waals surface area contributed by atoms with Crippen LogP contribution in [0.2, 0.25) is 0 Å². The Balaban J connectivity index is 1.65. The molecule has 1 aliphatic heterocycles. The van der Waals surface area contributed by atoms with Crippen LogP contribution in [-0.2, 0) is 12.5 Å². The predicted molar refractivity (Wildman–Crippen MR) is 101 cm³/mol. The molecule has 2 heterocycles. The van der Waals surface area contributed by atoms with E-state index in [0.717, 1.165) is 16.9 Å². The molecule has 2 aromatic carbocycles. The monoisotopic (exact) mass is 315 g/mol. The van der Waals surface area contributed by atoms with Crippen LogP contribution in [0.3, 0.4) is 0 Å². The maximum atomic E-state index is 4.68. The van der Waals surface area contributed by atoms with Crippen LogP contribution in [0, 0.1) is 0 Å². The van der Waals surface area contributed by atoms with Crippen LogP contribution >= 0.6 is 0 Å². The Morgan fingerprint density at radius 2 is 1.79 bits per heavy atom. The van der Waals surface area contributed by atoms with Crippen molar-refractivity contribution in [3.8, 4) is 0 Å². The van der Waals surface area contributed by atoms with Gasteiger partial charge in [0.05, 0.1) is 11.0 Å². The van der Waals surface area contributed by atoms with Crippen molar-refractivity contribution >= 4 is 22.8 Å². The highest BCUT2D eigenvalue weighted by Crippen LogP contribution is 2.42. The van der Waals surface area contributed by atoms with Crippen molar-refractivity contribution < 1.29 is 0 Å². The van der Waals surface area contributed by atoms with Crippen molar-refractivity contribution in [3.05, 3.63) is 77.8 Å². The zero-order valence-electron chi connectivity index (χ0n) is 14.2. The van der Waals surface area contributed by atoms with Crippen LogP contribution in [0.5, 0.6) is 0 Å². The molecule has 0 spiro atoms. The van der Waals surface area contributed by atoms with E-state index in [1.54, 1.807) is 0 Å². The number of para-hydroxylation sites is 3. The molecular weight excluding hydrogens is 294 g/mol. The summed E-state index contributed by atoms with van der Waals surface area (Å²) in [6.07, 6.45) is 6.30. The van der Waals surface area contributed by atoms with Gasteiger partial charge in [-0.1, -0.05) is 50.3 Å². The number of hydrogen-bond donors (Lipinski definition) is 1. The molecule has 3 heteroatoms. The van der Waals surface area contributed by atoms with Gasteiger partial charge in [-0.05, 0) is 35.9 Å². The molecule has 0 saturated heterocycles. The van der Waals surface area contributed by atoms with Crippen molar-refractivity contribution in [1.29, 1.82) is 0 Å². The first-order valence-electron chi connectivity index (χ1n) is 8.24. The maximum absolute atomic E-state index is 4.68. The highest BCUT2D eigenvalue weighted by molar-refractivity contribution is 5.77. The number of fused-ring (bicyclic) bond motifs is 2. The Hall–Kier alpha value is -2.81. The molecule has 1 aromatic heterocycles.